The lowest BCUT2D eigenvalue weighted by Crippen LogP contribution is -2.15. The third-order valence-electron chi connectivity index (χ3n) is 5.00. The zero-order valence-electron chi connectivity index (χ0n) is 14.6. The molecule has 0 unspecified atom stereocenters. The molecule has 1 aromatic heterocycles. The van der Waals surface area contributed by atoms with Crippen LogP contribution in [0, 0.1) is 13.8 Å². The van der Waals surface area contributed by atoms with Crippen LogP contribution in [0.5, 0.6) is 0 Å². The summed E-state index contributed by atoms with van der Waals surface area (Å²) in [6.07, 6.45) is 8.24. The number of carbonyl (C=O) groups is 1. The van der Waals surface area contributed by atoms with Gasteiger partial charge in [0.1, 0.15) is 0 Å². The molecule has 1 aliphatic carbocycles. The Bertz CT molecular complexity index is 817. The fraction of sp³-hybridized carbons (Fsp3) is 0.400. The van der Waals surface area contributed by atoms with Gasteiger partial charge in [-0.15, -0.1) is 0 Å². The molecule has 0 bridgehead atoms. The third-order valence-corrected chi connectivity index (χ3v) is 5.33. The number of hydrogen-bond acceptors (Lipinski definition) is 2. The van der Waals surface area contributed by atoms with Crippen molar-refractivity contribution in [3.8, 4) is 0 Å². The predicted molar refractivity (Wildman–Crippen MR) is 102 cm³/mol. The van der Waals surface area contributed by atoms with E-state index in [-0.39, 0.29) is 10.6 Å². The minimum atomic E-state index is -1.04. The first-order valence-electron chi connectivity index (χ1n) is 8.72. The van der Waals surface area contributed by atoms with Crippen molar-refractivity contribution in [3.05, 3.63) is 51.8 Å². The molecule has 4 nitrogen and oxygen atoms in total. The fourth-order valence-electron chi connectivity index (χ4n) is 3.74. The van der Waals surface area contributed by atoms with E-state index >= 15 is 0 Å². The Morgan fingerprint density at radius 2 is 1.96 bits per heavy atom. The highest BCUT2D eigenvalue weighted by molar-refractivity contribution is 6.33. The quantitative estimate of drug-likeness (QED) is 0.711. The molecule has 5 heteroatoms. The van der Waals surface area contributed by atoms with Crippen LogP contribution in [0.4, 0.5) is 5.69 Å². The van der Waals surface area contributed by atoms with Crippen LogP contribution in [-0.4, -0.2) is 21.9 Å². The Hall–Kier alpha value is -2.07. The van der Waals surface area contributed by atoms with Crippen LogP contribution in [0.2, 0.25) is 5.02 Å². The number of aromatic carboxylic acids is 1. The molecular formula is C20H23ClN2O2. The Morgan fingerprint density at radius 1 is 1.24 bits per heavy atom. The van der Waals surface area contributed by atoms with Crippen LogP contribution in [0.1, 0.15) is 65.5 Å². The highest BCUT2D eigenvalue weighted by Crippen LogP contribution is 2.32. The van der Waals surface area contributed by atoms with Gasteiger partial charge in [-0.2, -0.15) is 0 Å². The van der Waals surface area contributed by atoms with Crippen LogP contribution >= 0.6 is 11.6 Å². The smallest absolute Gasteiger partial charge is 0.337 e. The number of nitrogens with zero attached hydrogens (tertiary/aromatic N) is 2. The van der Waals surface area contributed by atoms with E-state index in [4.69, 9.17) is 16.7 Å². The maximum atomic E-state index is 11.2. The zero-order chi connectivity index (χ0) is 18.0. The van der Waals surface area contributed by atoms with Gasteiger partial charge < -0.3 is 9.67 Å². The van der Waals surface area contributed by atoms with Crippen LogP contribution in [0.25, 0.3) is 0 Å². The number of benzene rings is 1. The van der Waals surface area contributed by atoms with Gasteiger partial charge in [-0.25, -0.2) is 4.79 Å². The van der Waals surface area contributed by atoms with E-state index in [1.807, 2.05) is 6.21 Å². The van der Waals surface area contributed by atoms with Gasteiger partial charge in [-0.3, -0.25) is 4.99 Å². The van der Waals surface area contributed by atoms with Crippen molar-refractivity contribution < 1.29 is 9.90 Å². The van der Waals surface area contributed by atoms with E-state index < -0.39 is 5.97 Å². The summed E-state index contributed by atoms with van der Waals surface area (Å²) in [6, 6.07) is 7.54. The maximum absolute atomic E-state index is 11.2. The zero-order valence-corrected chi connectivity index (χ0v) is 15.4. The van der Waals surface area contributed by atoms with Gasteiger partial charge in [0.05, 0.1) is 16.3 Å². The third kappa shape index (κ3) is 3.79. The number of aliphatic imine (C=N–C) groups is 1. The fourth-order valence-corrected chi connectivity index (χ4v) is 3.93. The van der Waals surface area contributed by atoms with Gasteiger partial charge in [0, 0.05) is 29.2 Å². The number of carboxylic acid groups (broad SMARTS) is 1. The second-order valence-electron chi connectivity index (χ2n) is 6.72. The van der Waals surface area contributed by atoms with Crippen molar-refractivity contribution in [3.63, 3.8) is 0 Å². The molecule has 2 aromatic rings. The van der Waals surface area contributed by atoms with E-state index in [1.165, 1.54) is 49.6 Å². The average molecular weight is 359 g/mol. The van der Waals surface area contributed by atoms with Crippen LogP contribution in [0.3, 0.4) is 0 Å². The van der Waals surface area contributed by atoms with Crippen molar-refractivity contribution in [1.82, 2.24) is 4.57 Å². The van der Waals surface area contributed by atoms with E-state index in [2.05, 4.69) is 29.5 Å². The summed E-state index contributed by atoms with van der Waals surface area (Å²) in [5, 5.41) is 9.39. The molecule has 1 N–H and O–H groups in total. The van der Waals surface area contributed by atoms with Gasteiger partial charge in [0.25, 0.3) is 0 Å². The summed E-state index contributed by atoms with van der Waals surface area (Å²) in [7, 11) is 0. The largest absolute Gasteiger partial charge is 0.478 e. The number of rotatable bonds is 4. The van der Waals surface area contributed by atoms with Crippen molar-refractivity contribution in [2.45, 2.75) is 52.0 Å². The summed E-state index contributed by atoms with van der Waals surface area (Å²) in [4.78, 5) is 15.6. The number of aryl methyl sites for hydroxylation is 1. The van der Waals surface area contributed by atoms with Gasteiger partial charge in [0.15, 0.2) is 0 Å². The molecule has 1 aliphatic rings. The second kappa shape index (κ2) is 7.44. The van der Waals surface area contributed by atoms with Crippen LogP contribution in [0.15, 0.2) is 29.3 Å². The predicted octanol–water partition coefficient (Wildman–Crippen LogP) is 5.71. The standard InChI is InChI=1S/C20H23ClN2O2/c1-13-10-15(14(2)23(13)17-6-4-3-5-7-17)12-22-16-8-9-19(21)18(11-16)20(24)25/h8-12,17H,3-7H2,1-2H3,(H,24,25). The van der Waals surface area contributed by atoms with E-state index in [0.717, 1.165) is 5.56 Å². The average Bonchev–Trinajstić information content (AvgIpc) is 2.88. The number of carboxylic acids is 1. The molecule has 25 heavy (non-hydrogen) atoms. The van der Waals surface area contributed by atoms with Crippen molar-refractivity contribution in [2.24, 2.45) is 4.99 Å². The lowest BCUT2D eigenvalue weighted by molar-refractivity contribution is 0.0697. The normalized spacial score (nSPS) is 15.8. The number of aromatic nitrogens is 1. The Kier molecular flexibility index (Phi) is 5.28. The molecule has 132 valence electrons. The molecular weight excluding hydrogens is 336 g/mol. The number of halogens is 1. The monoisotopic (exact) mass is 358 g/mol. The SMILES string of the molecule is Cc1cc(C=Nc2ccc(Cl)c(C(=O)O)c2)c(C)n1C1CCCCC1. The topological polar surface area (TPSA) is 54.6 Å². The molecule has 3 rings (SSSR count). The minimum Gasteiger partial charge on any atom is -0.478 e. The first kappa shape index (κ1) is 17.7. The van der Waals surface area contributed by atoms with Gasteiger partial charge in [-0.05, 0) is 51.0 Å². The van der Waals surface area contributed by atoms with Crippen LogP contribution in [-0.2, 0) is 0 Å². The lowest BCUT2D eigenvalue weighted by Gasteiger charge is -2.26. The summed E-state index contributed by atoms with van der Waals surface area (Å²) in [5.74, 6) is -1.04. The molecule has 1 fully saturated rings. The molecule has 0 spiro atoms. The van der Waals surface area contributed by atoms with E-state index in [0.29, 0.717) is 11.7 Å². The summed E-state index contributed by atoms with van der Waals surface area (Å²) >= 11 is 5.91. The van der Waals surface area contributed by atoms with Crippen molar-refractivity contribution in [2.75, 3.05) is 0 Å². The van der Waals surface area contributed by atoms with E-state index in [1.54, 1.807) is 12.1 Å². The van der Waals surface area contributed by atoms with Gasteiger partial charge in [0.2, 0.25) is 0 Å². The molecule has 0 atom stereocenters. The first-order chi connectivity index (χ1) is 12.0. The van der Waals surface area contributed by atoms with Gasteiger partial charge >= 0.3 is 5.97 Å². The summed E-state index contributed by atoms with van der Waals surface area (Å²) in [5.41, 5.74) is 4.22. The second-order valence-corrected chi connectivity index (χ2v) is 7.12. The minimum absolute atomic E-state index is 0.0731. The Balaban J connectivity index is 1.87. The molecule has 0 amide bonds. The van der Waals surface area contributed by atoms with Crippen molar-refractivity contribution in [1.29, 1.82) is 0 Å². The molecule has 1 heterocycles. The summed E-state index contributed by atoms with van der Waals surface area (Å²) < 4.78 is 2.44. The number of hydrogen-bond donors (Lipinski definition) is 1. The Labute approximate surface area is 153 Å². The summed E-state index contributed by atoms with van der Waals surface area (Å²) in [6.45, 7) is 4.28. The van der Waals surface area contributed by atoms with E-state index in [9.17, 15) is 4.79 Å². The molecule has 0 radical (unpaired) electrons. The lowest BCUT2D eigenvalue weighted by atomic mass is 9.95. The van der Waals surface area contributed by atoms with Crippen LogP contribution < -0.4 is 0 Å². The Morgan fingerprint density at radius 3 is 2.64 bits per heavy atom. The molecule has 0 aliphatic heterocycles. The maximum Gasteiger partial charge on any atom is 0.337 e. The molecule has 0 saturated heterocycles. The molecule has 1 aromatic carbocycles. The molecule has 1 saturated carbocycles. The first-order valence-corrected chi connectivity index (χ1v) is 9.10. The van der Waals surface area contributed by atoms with Crippen molar-refractivity contribution >= 4 is 29.5 Å². The highest BCUT2D eigenvalue weighted by Gasteiger charge is 2.19. The van der Waals surface area contributed by atoms with Gasteiger partial charge in [-0.1, -0.05) is 30.9 Å². The highest BCUT2D eigenvalue weighted by atomic mass is 35.5.